The fourth-order valence-electron chi connectivity index (χ4n) is 1.51. The van der Waals surface area contributed by atoms with E-state index in [1.807, 2.05) is 6.07 Å². The summed E-state index contributed by atoms with van der Waals surface area (Å²) in [5, 5.41) is 12.3. The molecule has 1 N–H and O–H groups in total. The van der Waals surface area contributed by atoms with Gasteiger partial charge in [-0.3, -0.25) is 9.78 Å². The summed E-state index contributed by atoms with van der Waals surface area (Å²) in [6.07, 6.45) is 4.70. The zero-order chi connectivity index (χ0) is 14.4. The Balaban J connectivity index is 2.16. The SMILES string of the molecule is N#C/C(=C\c1ccncc1)C(=O)Nc1ccc(Cl)cc1. The molecule has 1 amide bonds. The molecule has 0 unspecified atom stereocenters. The summed E-state index contributed by atoms with van der Waals surface area (Å²) >= 11 is 5.76. The van der Waals surface area contributed by atoms with Crippen molar-refractivity contribution in [3.63, 3.8) is 0 Å². The van der Waals surface area contributed by atoms with Crippen LogP contribution in [0.25, 0.3) is 6.08 Å². The van der Waals surface area contributed by atoms with E-state index in [1.54, 1.807) is 48.8 Å². The number of nitrogens with one attached hydrogen (secondary N) is 1. The van der Waals surface area contributed by atoms with Crippen LogP contribution in [0.1, 0.15) is 5.56 Å². The summed E-state index contributed by atoms with van der Waals surface area (Å²) in [5.74, 6) is -0.466. The maximum atomic E-state index is 12.0. The van der Waals surface area contributed by atoms with Gasteiger partial charge in [0, 0.05) is 23.1 Å². The molecule has 4 nitrogen and oxygen atoms in total. The van der Waals surface area contributed by atoms with Gasteiger partial charge in [0.15, 0.2) is 0 Å². The molecule has 0 aliphatic rings. The Labute approximate surface area is 121 Å². The molecule has 0 fully saturated rings. The van der Waals surface area contributed by atoms with Crippen LogP contribution < -0.4 is 5.32 Å². The number of carbonyl (C=O) groups excluding carboxylic acids is 1. The summed E-state index contributed by atoms with van der Waals surface area (Å²) in [7, 11) is 0. The number of nitriles is 1. The minimum Gasteiger partial charge on any atom is -0.321 e. The van der Waals surface area contributed by atoms with Crippen molar-refractivity contribution in [3.8, 4) is 6.07 Å². The van der Waals surface area contributed by atoms with Crippen LogP contribution in [0.2, 0.25) is 5.02 Å². The van der Waals surface area contributed by atoms with E-state index in [2.05, 4.69) is 10.3 Å². The van der Waals surface area contributed by atoms with E-state index in [0.29, 0.717) is 10.7 Å². The lowest BCUT2D eigenvalue weighted by Crippen LogP contribution is -2.13. The third kappa shape index (κ3) is 3.67. The standard InChI is InChI=1S/C15H10ClN3O/c16-13-1-3-14(4-2-13)19-15(20)12(10-17)9-11-5-7-18-8-6-11/h1-9H,(H,19,20)/b12-9+. The first kappa shape index (κ1) is 13.8. The Morgan fingerprint density at radius 1 is 1.20 bits per heavy atom. The summed E-state index contributed by atoms with van der Waals surface area (Å²) in [5.41, 5.74) is 1.34. The van der Waals surface area contributed by atoms with Crippen LogP contribution in [0.5, 0.6) is 0 Å². The van der Waals surface area contributed by atoms with Gasteiger partial charge in [-0.25, -0.2) is 0 Å². The van der Waals surface area contributed by atoms with Crippen molar-refractivity contribution in [3.05, 3.63) is 65.0 Å². The number of hydrogen-bond acceptors (Lipinski definition) is 3. The van der Waals surface area contributed by atoms with Crippen molar-refractivity contribution in [1.82, 2.24) is 4.98 Å². The normalized spacial score (nSPS) is 10.7. The Kier molecular flexibility index (Phi) is 4.48. The number of hydrogen-bond donors (Lipinski definition) is 1. The highest BCUT2D eigenvalue weighted by molar-refractivity contribution is 6.30. The number of aromatic nitrogens is 1. The molecule has 5 heteroatoms. The number of carbonyl (C=O) groups is 1. The van der Waals surface area contributed by atoms with E-state index in [0.717, 1.165) is 5.56 Å². The van der Waals surface area contributed by atoms with Gasteiger partial charge in [-0.1, -0.05) is 11.6 Å². The van der Waals surface area contributed by atoms with Gasteiger partial charge in [0.25, 0.3) is 5.91 Å². The van der Waals surface area contributed by atoms with Gasteiger partial charge in [-0.2, -0.15) is 5.26 Å². The molecular weight excluding hydrogens is 274 g/mol. The van der Waals surface area contributed by atoms with Crippen LogP contribution in [0, 0.1) is 11.3 Å². The molecule has 0 radical (unpaired) electrons. The molecule has 0 bridgehead atoms. The van der Waals surface area contributed by atoms with Crippen molar-refractivity contribution in [2.75, 3.05) is 5.32 Å². The molecule has 0 saturated carbocycles. The lowest BCUT2D eigenvalue weighted by Gasteiger charge is -2.04. The molecule has 0 aliphatic carbocycles. The van der Waals surface area contributed by atoms with Crippen molar-refractivity contribution < 1.29 is 4.79 Å². The van der Waals surface area contributed by atoms with Crippen molar-refractivity contribution in [2.45, 2.75) is 0 Å². The second-order valence-electron chi connectivity index (χ2n) is 3.91. The topological polar surface area (TPSA) is 65.8 Å². The number of anilines is 1. The number of amides is 1. The van der Waals surface area contributed by atoms with Gasteiger partial charge in [0.05, 0.1) is 0 Å². The fraction of sp³-hybridized carbons (Fsp3) is 0. The van der Waals surface area contributed by atoms with Gasteiger partial charge in [-0.15, -0.1) is 0 Å². The van der Waals surface area contributed by atoms with Gasteiger partial charge < -0.3 is 5.32 Å². The van der Waals surface area contributed by atoms with Crippen molar-refractivity contribution in [2.24, 2.45) is 0 Å². The largest absolute Gasteiger partial charge is 0.321 e. The Hall–Kier alpha value is -2.64. The highest BCUT2D eigenvalue weighted by Crippen LogP contribution is 2.14. The van der Waals surface area contributed by atoms with E-state index >= 15 is 0 Å². The number of benzene rings is 1. The molecule has 0 atom stereocenters. The van der Waals surface area contributed by atoms with E-state index in [4.69, 9.17) is 16.9 Å². The van der Waals surface area contributed by atoms with E-state index in [-0.39, 0.29) is 5.57 Å². The van der Waals surface area contributed by atoms with Crippen molar-refractivity contribution >= 4 is 29.3 Å². The van der Waals surface area contributed by atoms with Crippen LogP contribution in [0.15, 0.2) is 54.4 Å². The lowest BCUT2D eigenvalue weighted by atomic mass is 10.1. The number of nitrogens with zero attached hydrogens (tertiary/aromatic N) is 2. The quantitative estimate of drug-likeness (QED) is 0.694. The molecular formula is C15H10ClN3O. The molecule has 0 aliphatic heterocycles. The average Bonchev–Trinajstić information content (AvgIpc) is 2.48. The molecule has 0 saturated heterocycles. The smallest absolute Gasteiger partial charge is 0.266 e. The summed E-state index contributed by atoms with van der Waals surface area (Å²) in [6.45, 7) is 0. The molecule has 1 aromatic carbocycles. The van der Waals surface area contributed by atoms with Crippen LogP contribution >= 0.6 is 11.6 Å². The Bertz CT molecular complexity index is 673. The van der Waals surface area contributed by atoms with Gasteiger partial charge >= 0.3 is 0 Å². The second kappa shape index (κ2) is 6.50. The van der Waals surface area contributed by atoms with Gasteiger partial charge in [-0.05, 0) is 48.0 Å². The van der Waals surface area contributed by atoms with Crippen LogP contribution in [-0.4, -0.2) is 10.9 Å². The predicted octanol–water partition coefficient (Wildman–Crippen LogP) is 3.28. The first-order chi connectivity index (χ1) is 9.69. The summed E-state index contributed by atoms with van der Waals surface area (Å²) < 4.78 is 0. The van der Waals surface area contributed by atoms with Gasteiger partial charge in [0.1, 0.15) is 11.6 Å². The number of pyridine rings is 1. The maximum Gasteiger partial charge on any atom is 0.266 e. The lowest BCUT2D eigenvalue weighted by molar-refractivity contribution is -0.112. The van der Waals surface area contributed by atoms with Gasteiger partial charge in [0.2, 0.25) is 0 Å². The Morgan fingerprint density at radius 2 is 1.85 bits per heavy atom. The fourth-order valence-corrected chi connectivity index (χ4v) is 1.63. The minimum atomic E-state index is -0.466. The zero-order valence-corrected chi connectivity index (χ0v) is 11.1. The molecule has 98 valence electrons. The number of rotatable bonds is 3. The zero-order valence-electron chi connectivity index (χ0n) is 10.4. The first-order valence-corrected chi connectivity index (χ1v) is 6.15. The van der Waals surface area contributed by atoms with E-state index in [1.165, 1.54) is 6.08 Å². The molecule has 20 heavy (non-hydrogen) atoms. The molecule has 2 rings (SSSR count). The summed E-state index contributed by atoms with van der Waals surface area (Å²) in [4.78, 5) is 15.9. The average molecular weight is 284 g/mol. The first-order valence-electron chi connectivity index (χ1n) is 5.78. The third-order valence-electron chi connectivity index (χ3n) is 2.48. The molecule has 1 heterocycles. The maximum absolute atomic E-state index is 12.0. The van der Waals surface area contributed by atoms with E-state index in [9.17, 15) is 4.79 Å². The van der Waals surface area contributed by atoms with Crippen LogP contribution in [0.4, 0.5) is 5.69 Å². The third-order valence-corrected chi connectivity index (χ3v) is 2.74. The number of halogens is 1. The monoisotopic (exact) mass is 283 g/mol. The highest BCUT2D eigenvalue weighted by Gasteiger charge is 2.09. The second-order valence-corrected chi connectivity index (χ2v) is 4.35. The van der Waals surface area contributed by atoms with E-state index < -0.39 is 5.91 Å². The van der Waals surface area contributed by atoms with Crippen molar-refractivity contribution in [1.29, 1.82) is 5.26 Å². The molecule has 2 aromatic rings. The predicted molar refractivity (Wildman–Crippen MR) is 77.9 cm³/mol. The molecule has 0 spiro atoms. The highest BCUT2D eigenvalue weighted by atomic mass is 35.5. The van der Waals surface area contributed by atoms with Crippen LogP contribution in [0.3, 0.4) is 0 Å². The Morgan fingerprint density at radius 3 is 2.45 bits per heavy atom. The minimum absolute atomic E-state index is 0.0196. The van der Waals surface area contributed by atoms with Crippen LogP contribution in [-0.2, 0) is 4.79 Å². The summed E-state index contributed by atoms with van der Waals surface area (Å²) in [6, 6.07) is 12.0. The molecule has 1 aromatic heterocycles.